The molecule has 2 rings (SSSR count). The first kappa shape index (κ1) is 15.6. The monoisotopic (exact) mass is 292 g/mol. The number of carbonyl (C=O) groups is 2. The summed E-state index contributed by atoms with van der Waals surface area (Å²) < 4.78 is 12.9. The largest absolute Gasteiger partial charge is 0.340 e. The van der Waals surface area contributed by atoms with E-state index in [0.717, 1.165) is 12.8 Å². The van der Waals surface area contributed by atoms with Gasteiger partial charge in [0.2, 0.25) is 5.91 Å². The van der Waals surface area contributed by atoms with Gasteiger partial charge in [0.1, 0.15) is 5.82 Å². The lowest BCUT2D eigenvalue weighted by Gasteiger charge is -2.35. The Hall–Kier alpha value is -1.75. The van der Waals surface area contributed by atoms with Gasteiger partial charge in [-0.15, -0.1) is 0 Å². The van der Waals surface area contributed by atoms with Gasteiger partial charge in [0.05, 0.1) is 5.54 Å². The van der Waals surface area contributed by atoms with Crippen LogP contribution in [0.2, 0.25) is 0 Å². The minimum Gasteiger partial charge on any atom is -0.340 e. The molecule has 0 spiro atoms. The Morgan fingerprint density at radius 1 is 1.29 bits per heavy atom. The fourth-order valence-electron chi connectivity index (χ4n) is 2.63. The van der Waals surface area contributed by atoms with Crippen molar-refractivity contribution in [1.82, 2.24) is 4.90 Å². The molecule has 1 fully saturated rings. The van der Waals surface area contributed by atoms with Crippen molar-refractivity contribution in [2.45, 2.75) is 32.2 Å². The summed E-state index contributed by atoms with van der Waals surface area (Å²) in [5, 5.41) is 0. The Labute approximate surface area is 124 Å². The van der Waals surface area contributed by atoms with Gasteiger partial charge in [-0.25, -0.2) is 4.39 Å². The molecule has 0 radical (unpaired) electrons. The number of Topliss-reactive ketones (excluding diaryl/α,β-unsaturated/α-hetero) is 1. The fourth-order valence-corrected chi connectivity index (χ4v) is 2.63. The van der Waals surface area contributed by atoms with Crippen molar-refractivity contribution in [3.05, 3.63) is 35.6 Å². The molecule has 1 aliphatic rings. The van der Waals surface area contributed by atoms with Gasteiger partial charge < -0.3 is 10.6 Å². The Kier molecular flexibility index (Phi) is 4.42. The van der Waals surface area contributed by atoms with E-state index in [4.69, 9.17) is 5.73 Å². The van der Waals surface area contributed by atoms with Crippen LogP contribution in [0.15, 0.2) is 24.3 Å². The molecule has 1 unspecified atom stereocenters. The maximum atomic E-state index is 12.9. The van der Waals surface area contributed by atoms with Crippen LogP contribution in [0, 0.1) is 11.7 Å². The van der Waals surface area contributed by atoms with E-state index in [2.05, 4.69) is 0 Å². The molecule has 1 aromatic rings. The van der Waals surface area contributed by atoms with Crippen LogP contribution in [-0.2, 0) is 4.79 Å². The van der Waals surface area contributed by atoms with Gasteiger partial charge >= 0.3 is 0 Å². The Morgan fingerprint density at radius 3 is 2.48 bits per heavy atom. The summed E-state index contributed by atoms with van der Waals surface area (Å²) >= 11 is 0. The standard InChI is InChI=1S/C16H21FN2O2/c1-16(2,18)15(21)19-9-3-4-12(10-19)14(20)11-5-7-13(17)8-6-11/h5-8,12H,3-4,9-10,18H2,1-2H3. The molecule has 0 aromatic heterocycles. The van der Waals surface area contributed by atoms with Crippen LogP contribution in [0.5, 0.6) is 0 Å². The number of likely N-dealkylation sites (tertiary alicyclic amines) is 1. The third-order valence-electron chi connectivity index (χ3n) is 3.76. The molecule has 0 saturated carbocycles. The van der Waals surface area contributed by atoms with Crippen LogP contribution in [0.4, 0.5) is 4.39 Å². The first-order valence-electron chi connectivity index (χ1n) is 7.17. The van der Waals surface area contributed by atoms with E-state index >= 15 is 0 Å². The maximum absolute atomic E-state index is 12.9. The van der Waals surface area contributed by atoms with E-state index in [0.29, 0.717) is 18.7 Å². The summed E-state index contributed by atoms with van der Waals surface area (Å²) in [5.41, 5.74) is 5.40. The zero-order valence-corrected chi connectivity index (χ0v) is 12.4. The molecule has 5 heteroatoms. The predicted octanol–water partition coefficient (Wildman–Crippen LogP) is 1.98. The van der Waals surface area contributed by atoms with Crippen LogP contribution in [-0.4, -0.2) is 35.2 Å². The van der Waals surface area contributed by atoms with E-state index in [-0.39, 0.29) is 23.4 Å². The van der Waals surface area contributed by atoms with Gasteiger partial charge in [-0.05, 0) is 51.0 Å². The van der Waals surface area contributed by atoms with Gasteiger partial charge in [0, 0.05) is 24.6 Å². The highest BCUT2D eigenvalue weighted by Gasteiger charge is 2.33. The van der Waals surface area contributed by atoms with Gasteiger partial charge in [-0.1, -0.05) is 0 Å². The lowest BCUT2D eigenvalue weighted by Crippen LogP contribution is -2.54. The molecule has 1 aliphatic heterocycles. The zero-order valence-electron chi connectivity index (χ0n) is 12.4. The first-order chi connectivity index (χ1) is 9.79. The number of halogens is 1. The van der Waals surface area contributed by atoms with Gasteiger partial charge in [-0.2, -0.15) is 0 Å². The van der Waals surface area contributed by atoms with Gasteiger partial charge in [-0.3, -0.25) is 9.59 Å². The molecular weight excluding hydrogens is 271 g/mol. The van der Waals surface area contributed by atoms with Crippen LogP contribution in [0.25, 0.3) is 0 Å². The van der Waals surface area contributed by atoms with Crippen LogP contribution < -0.4 is 5.73 Å². The average Bonchev–Trinajstić information content (AvgIpc) is 2.45. The molecule has 1 aromatic carbocycles. The first-order valence-corrected chi connectivity index (χ1v) is 7.17. The number of rotatable bonds is 3. The highest BCUT2D eigenvalue weighted by Crippen LogP contribution is 2.22. The predicted molar refractivity (Wildman–Crippen MR) is 78.3 cm³/mol. The van der Waals surface area contributed by atoms with Crippen molar-refractivity contribution < 1.29 is 14.0 Å². The molecule has 1 heterocycles. The summed E-state index contributed by atoms with van der Waals surface area (Å²) in [6.07, 6.45) is 1.52. The number of hydrogen-bond acceptors (Lipinski definition) is 3. The SMILES string of the molecule is CC(C)(N)C(=O)N1CCCC(C(=O)c2ccc(F)cc2)C1. The van der Waals surface area contributed by atoms with Gasteiger partial charge in [0.25, 0.3) is 0 Å². The number of ketones is 1. The molecular formula is C16H21FN2O2. The van der Waals surface area contributed by atoms with Crippen molar-refractivity contribution in [1.29, 1.82) is 0 Å². The van der Waals surface area contributed by atoms with Crippen LogP contribution in [0.1, 0.15) is 37.0 Å². The molecule has 1 atom stereocenters. The summed E-state index contributed by atoms with van der Waals surface area (Å²) in [7, 11) is 0. The summed E-state index contributed by atoms with van der Waals surface area (Å²) in [6.45, 7) is 4.35. The normalized spacial score (nSPS) is 19.4. The fraction of sp³-hybridized carbons (Fsp3) is 0.500. The molecule has 0 aliphatic carbocycles. The maximum Gasteiger partial charge on any atom is 0.242 e. The molecule has 1 amide bonds. The molecule has 1 saturated heterocycles. The number of benzene rings is 1. The smallest absolute Gasteiger partial charge is 0.242 e. The summed E-state index contributed by atoms with van der Waals surface area (Å²) in [5.74, 6) is -0.783. The number of nitrogens with zero attached hydrogens (tertiary/aromatic N) is 1. The van der Waals surface area contributed by atoms with E-state index < -0.39 is 5.54 Å². The third-order valence-corrected chi connectivity index (χ3v) is 3.76. The quantitative estimate of drug-likeness (QED) is 0.867. The van der Waals surface area contributed by atoms with Crippen molar-refractivity contribution in [2.75, 3.05) is 13.1 Å². The second kappa shape index (κ2) is 5.93. The van der Waals surface area contributed by atoms with Crippen molar-refractivity contribution >= 4 is 11.7 Å². The van der Waals surface area contributed by atoms with Crippen molar-refractivity contribution in [3.8, 4) is 0 Å². The molecule has 2 N–H and O–H groups in total. The molecule has 0 bridgehead atoms. The highest BCUT2D eigenvalue weighted by molar-refractivity contribution is 5.98. The average molecular weight is 292 g/mol. The summed E-state index contributed by atoms with van der Waals surface area (Å²) in [4.78, 5) is 26.3. The Bertz CT molecular complexity index is 534. The number of carbonyl (C=O) groups excluding carboxylic acids is 2. The topological polar surface area (TPSA) is 63.4 Å². The second-order valence-electron chi connectivity index (χ2n) is 6.18. The number of piperidine rings is 1. The van der Waals surface area contributed by atoms with Crippen molar-refractivity contribution in [3.63, 3.8) is 0 Å². The Morgan fingerprint density at radius 2 is 1.90 bits per heavy atom. The number of nitrogens with two attached hydrogens (primary N) is 1. The van der Waals surface area contributed by atoms with E-state index in [1.165, 1.54) is 24.3 Å². The van der Waals surface area contributed by atoms with E-state index in [1.807, 2.05) is 0 Å². The molecule has 114 valence electrons. The molecule has 21 heavy (non-hydrogen) atoms. The van der Waals surface area contributed by atoms with Crippen LogP contribution in [0.3, 0.4) is 0 Å². The van der Waals surface area contributed by atoms with Crippen molar-refractivity contribution in [2.24, 2.45) is 11.7 Å². The van der Waals surface area contributed by atoms with Gasteiger partial charge in [0.15, 0.2) is 5.78 Å². The van der Waals surface area contributed by atoms with E-state index in [9.17, 15) is 14.0 Å². The molecule has 4 nitrogen and oxygen atoms in total. The van der Waals surface area contributed by atoms with E-state index in [1.54, 1.807) is 18.7 Å². The summed E-state index contributed by atoms with van der Waals surface area (Å²) in [6, 6.07) is 5.54. The lowest BCUT2D eigenvalue weighted by atomic mass is 9.89. The minimum absolute atomic E-state index is 0.0395. The Balaban J connectivity index is 2.09. The van der Waals surface area contributed by atoms with Crippen LogP contribution >= 0.6 is 0 Å². The minimum atomic E-state index is -0.930. The third kappa shape index (κ3) is 3.67. The lowest BCUT2D eigenvalue weighted by molar-refractivity contribution is -0.137. The number of amides is 1. The number of hydrogen-bond donors (Lipinski definition) is 1. The second-order valence-corrected chi connectivity index (χ2v) is 6.18. The highest BCUT2D eigenvalue weighted by atomic mass is 19.1. The zero-order chi connectivity index (χ0) is 15.6.